The van der Waals surface area contributed by atoms with Gasteiger partial charge in [0.15, 0.2) is 11.7 Å². The minimum Gasteiger partial charge on any atom is -0.497 e. The summed E-state index contributed by atoms with van der Waals surface area (Å²) in [4.78, 5) is 7.96. The van der Waals surface area contributed by atoms with Crippen LogP contribution in [0.3, 0.4) is 0 Å². The number of thiazole rings is 1. The maximum absolute atomic E-state index is 12.7. The Balaban J connectivity index is 0.00000420. The number of benzene rings is 1. The van der Waals surface area contributed by atoms with E-state index in [0.717, 1.165) is 28.0 Å². The van der Waals surface area contributed by atoms with Crippen LogP contribution < -0.4 is 15.4 Å². The van der Waals surface area contributed by atoms with Gasteiger partial charge in [-0.25, -0.2) is 9.98 Å². The lowest BCUT2D eigenvalue weighted by molar-refractivity contribution is -0.140. The highest BCUT2D eigenvalue weighted by Crippen LogP contribution is 2.30. The number of aromatic nitrogens is 1. The summed E-state index contributed by atoms with van der Waals surface area (Å²) in [5, 5.41) is 7.69. The fourth-order valence-electron chi connectivity index (χ4n) is 2.45. The molecule has 5 nitrogen and oxygen atoms in total. The average molecular weight is 542 g/mol. The largest absolute Gasteiger partial charge is 0.497 e. The number of aliphatic imine (C=N–C) groups is 1. The Bertz CT molecular complexity index is 791. The first-order chi connectivity index (χ1) is 13.2. The summed E-state index contributed by atoms with van der Waals surface area (Å²) in [7, 11) is 1.63. The summed E-state index contributed by atoms with van der Waals surface area (Å²) >= 11 is 0.955. The van der Waals surface area contributed by atoms with Crippen molar-refractivity contribution < 1.29 is 17.9 Å². The van der Waals surface area contributed by atoms with E-state index in [1.807, 2.05) is 31.2 Å². The summed E-state index contributed by atoms with van der Waals surface area (Å²) in [6, 6.07) is 7.85. The number of hydrogen-bond donors (Lipinski definition) is 2. The molecule has 0 atom stereocenters. The molecule has 0 aliphatic carbocycles. The molecule has 1 heterocycles. The van der Waals surface area contributed by atoms with E-state index in [0.29, 0.717) is 24.1 Å². The van der Waals surface area contributed by atoms with Gasteiger partial charge in [-0.3, -0.25) is 0 Å². The standard InChI is InChI=1S/C19H25F3N4OS.HI/c1-5-23-17(24-10-16-26-15(11-28-16)19(20,21)22)25-12-18(2,3)13-6-8-14(27-4)9-7-13;/h6-9,11H,5,10,12H2,1-4H3,(H2,23,24,25);1H. The summed E-state index contributed by atoms with van der Waals surface area (Å²) in [5.74, 6) is 1.33. The average Bonchev–Trinajstić information content (AvgIpc) is 3.13. The second-order valence-corrected chi connectivity index (χ2v) is 7.73. The minimum absolute atomic E-state index is 0. The number of ether oxygens (including phenoxy) is 1. The molecule has 10 heteroatoms. The molecule has 1 aromatic heterocycles. The van der Waals surface area contributed by atoms with Crippen molar-refractivity contribution in [3.63, 3.8) is 0 Å². The Morgan fingerprint density at radius 2 is 1.83 bits per heavy atom. The van der Waals surface area contributed by atoms with Gasteiger partial charge in [0.2, 0.25) is 0 Å². The maximum Gasteiger partial charge on any atom is 0.434 e. The summed E-state index contributed by atoms with van der Waals surface area (Å²) < 4.78 is 43.2. The van der Waals surface area contributed by atoms with E-state index in [-0.39, 0.29) is 35.9 Å². The molecule has 0 unspecified atom stereocenters. The summed E-state index contributed by atoms with van der Waals surface area (Å²) in [5.41, 5.74) is 0.0697. The Hall–Kier alpha value is -1.56. The quantitative estimate of drug-likeness (QED) is 0.299. The third-order valence-corrected chi connectivity index (χ3v) is 4.96. The van der Waals surface area contributed by atoms with E-state index >= 15 is 0 Å². The van der Waals surface area contributed by atoms with Gasteiger partial charge in [0.05, 0.1) is 13.7 Å². The SMILES string of the molecule is CCNC(=NCc1nc(C(F)(F)F)cs1)NCC(C)(C)c1ccc(OC)cc1.I. The second kappa shape index (κ2) is 11.0. The molecule has 0 aliphatic heterocycles. The smallest absolute Gasteiger partial charge is 0.434 e. The van der Waals surface area contributed by atoms with Gasteiger partial charge in [-0.05, 0) is 24.6 Å². The van der Waals surface area contributed by atoms with Crippen molar-refractivity contribution in [2.45, 2.75) is 38.9 Å². The molecule has 0 saturated carbocycles. The van der Waals surface area contributed by atoms with Crippen LogP contribution in [0, 0.1) is 0 Å². The molecule has 0 radical (unpaired) electrons. The van der Waals surface area contributed by atoms with E-state index < -0.39 is 11.9 Å². The first kappa shape index (κ1) is 25.5. The van der Waals surface area contributed by atoms with E-state index in [9.17, 15) is 13.2 Å². The van der Waals surface area contributed by atoms with Crippen molar-refractivity contribution in [2.24, 2.45) is 4.99 Å². The van der Waals surface area contributed by atoms with Crippen LogP contribution in [-0.4, -0.2) is 31.1 Å². The number of methoxy groups -OCH3 is 1. The number of nitrogens with one attached hydrogen (secondary N) is 2. The van der Waals surface area contributed by atoms with Gasteiger partial charge in [-0.15, -0.1) is 35.3 Å². The molecule has 0 spiro atoms. The normalized spacial score (nSPS) is 12.3. The van der Waals surface area contributed by atoms with Gasteiger partial charge in [0, 0.05) is 23.9 Å². The third kappa shape index (κ3) is 7.65. The lowest BCUT2D eigenvalue weighted by Crippen LogP contribution is -2.43. The minimum atomic E-state index is -4.43. The topological polar surface area (TPSA) is 58.5 Å². The fraction of sp³-hybridized carbons (Fsp3) is 0.474. The van der Waals surface area contributed by atoms with Crippen LogP contribution in [0.2, 0.25) is 0 Å². The zero-order valence-corrected chi connectivity index (χ0v) is 19.9. The first-order valence-electron chi connectivity index (χ1n) is 8.84. The predicted molar refractivity (Wildman–Crippen MR) is 121 cm³/mol. The van der Waals surface area contributed by atoms with Crippen LogP contribution in [0.5, 0.6) is 5.75 Å². The van der Waals surface area contributed by atoms with Crippen LogP contribution in [0.1, 0.15) is 37.0 Å². The Labute approximate surface area is 190 Å². The van der Waals surface area contributed by atoms with E-state index in [4.69, 9.17) is 4.74 Å². The van der Waals surface area contributed by atoms with Crippen LogP contribution in [0.15, 0.2) is 34.6 Å². The van der Waals surface area contributed by atoms with Gasteiger partial charge in [-0.2, -0.15) is 13.2 Å². The van der Waals surface area contributed by atoms with Gasteiger partial charge in [-0.1, -0.05) is 26.0 Å². The third-order valence-electron chi connectivity index (χ3n) is 4.13. The number of alkyl halides is 3. The number of nitrogens with zero attached hydrogens (tertiary/aromatic N) is 2. The van der Waals surface area contributed by atoms with Crippen LogP contribution in [0.4, 0.5) is 13.2 Å². The zero-order valence-electron chi connectivity index (χ0n) is 16.8. The molecule has 0 bridgehead atoms. The summed E-state index contributed by atoms with van der Waals surface area (Å²) in [6.45, 7) is 7.44. The highest BCUT2D eigenvalue weighted by atomic mass is 127. The number of halogens is 4. The molecule has 0 fully saturated rings. The first-order valence-corrected chi connectivity index (χ1v) is 9.72. The predicted octanol–water partition coefficient (Wildman–Crippen LogP) is 4.82. The zero-order chi connectivity index (χ0) is 20.8. The van der Waals surface area contributed by atoms with Gasteiger partial charge < -0.3 is 15.4 Å². The second-order valence-electron chi connectivity index (χ2n) is 6.79. The van der Waals surface area contributed by atoms with Crippen molar-refractivity contribution in [3.05, 3.63) is 45.9 Å². The lowest BCUT2D eigenvalue weighted by Gasteiger charge is -2.27. The van der Waals surface area contributed by atoms with Gasteiger partial charge >= 0.3 is 6.18 Å². The van der Waals surface area contributed by atoms with Crippen molar-refractivity contribution in [2.75, 3.05) is 20.2 Å². The van der Waals surface area contributed by atoms with E-state index in [2.05, 4.69) is 34.5 Å². The molecule has 2 aromatic rings. The van der Waals surface area contributed by atoms with Crippen molar-refractivity contribution >= 4 is 41.3 Å². The van der Waals surface area contributed by atoms with Gasteiger partial charge in [0.25, 0.3) is 0 Å². The number of rotatable bonds is 7. The molecule has 29 heavy (non-hydrogen) atoms. The van der Waals surface area contributed by atoms with Crippen molar-refractivity contribution in [1.82, 2.24) is 15.6 Å². The van der Waals surface area contributed by atoms with Gasteiger partial charge in [0.1, 0.15) is 10.8 Å². The molecule has 1 aromatic carbocycles. The molecular weight excluding hydrogens is 516 g/mol. The van der Waals surface area contributed by atoms with Crippen molar-refractivity contribution in [1.29, 1.82) is 0 Å². The molecule has 0 amide bonds. The maximum atomic E-state index is 12.7. The molecule has 2 N–H and O–H groups in total. The number of hydrogen-bond acceptors (Lipinski definition) is 4. The van der Waals surface area contributed by atoms with Crippen LogP contribution in [0.25, 0.3) is 0 Å². The highest BCUT2D eigenvalue weighted by Gasteiger charge is 2.33. The van der Waals surface area contributed by atoms with Crippen molar-refractivity contribution in [3.8, 4) is 5.75 Å². The monoisotopic (exact) mass is 542 g/mol. The molecule has 0 aliphatic rings. The Morgan fingerprint density at radius 1 is 1.17 bits per heavy atom. The molecule has 2 rings (SSSR count). The summed E-state index contributed by atoms with van der Waals surface area (Å²) in [6.07, 6.45) is -4.43. The van der Waals surface area contributed by atoms with Crippen LogP contribution in [-0.2, 0) is 18.1 Å². The molecule has 162 valence electrons. The molecular formula is C19H26F3IN4OS. The number of guanidine groups is 1. The molecule has 0 saturated heterocycles. The van der Waals surface area contributed by atoms with Crippen LogP contribution >= 0.6 is 35.3 Å². The van der Waals surface area contributed by atoms with E-state index in [1.165, 1.54) is 0 Å². The Morgan fingerprint density at radius 3 is 2.34 bits per heavy atom. The fourth-order valence-corrected chi connectivity index (χ4v) is 3.18. The lowest BCUT2D eigenvalue weighted by atomic mass is 9.84. The van der Waals surface area contributed by atoms with E-state index in [1.54, 1.807) is 7.11 Å². The highest BCUT2D eigenvalue weighted by molar-refractivity contribution is 14.0. The Kier molecular flexibility index (Phi) is 9.66.